The van der Waals surface area contributed by atoms with Crippen molar-refractivity contribution in [1.82, 2.24) is 29.6 Å². The van der Waals surface area contributed by atoms with Crippen molar-refractivity contribution in [2.45, 2.75) is 95.3 Å². The number of nitrogens with zero attached hydrogens (tertiary/aromatic N) is 4. The zero-order valence-corrected chi connectivity index (χ0v) is 24.7. The number of piperidine rings is 1. The minimum absolute atomic E-state index is 0.00938. The fourth-order valence-corrected chi connectivity index (χ4v) is 8.18. The summed E-state index contributed by atoms with van der Waals surface area (Å²) in [6, 6.07) is 0.0917. The van der Waals surface area contributed by atoms with Crippen LogP contribution in [0, 0.1) is 23.7 Å². The van der Waals surface area contributed by atoms with E-state index in [2.05, 4.69) is 22.8 Å². The molecule has 240 valence electrons. The molecule has 13 heteroatoms. The Kier molecular flexibility index (Phi) is 8.40. The molecular formula is C30H42F6N6O. The summed E-state index contributed by atoms with van der Waals surface area (Å²) in [7, 11) is 2.08. The van der Waals surface area contributed by atoms with Gasteiger partial charge < -0.3 is 0 Å². The average molecular weight is 617 g/mol. The predicted molar refractivity (Wildman–Crippen MR) is 150 cm³/mol. The van der Waals surface area contributed by atoms with E-state index in [0.717, 1.165) is 36.4 Å². The normalized spacial score (nSPS) is 30.0. The first-order chi connectivity index (χ1) is 20.3. The van der Waals surface area contributed by atoms with Crippen LogP contribution in [-0.4, -0.2) is 57.9 Å². The van der Waals surface area contributed by atoms with E-state index < -0.39 is 35.6 Å². The zero-order valence-electron chi connectivity index (χ0n) is 24.7. The quantitative estimate of drug-likeness (QED) is 0.395. The summed E-state index contributed by atoms with van der Waals surface area (Å²) < 4.78 is 86.2. The largest absolute Gasteiger partial charge is 0.418 e. The van der Waals surface area contributed by atoms with Crippen molar-refractivity contribution in [3.8, 4) is 0 Å². The smallest absolute Gasteiger partial charge is 0.296 e. The van der Waals surface area contributed by atoms with Crippen LogP contribution in [0.25, 0.3) is 5.52 Å². The fourth-order valence-electron chi connectivity index (χ4n) is 8.18. The summed E-state index contributed by atoms with van der Waals surface area (Å²) in [6.45, 7) is 2.45. The number of halogens is 6. The Morgan fingerprint density at radius 1 is 0.953 bits per heavy atom. The number of nitrogens with one attached hydrogen (secondary N) is 2. The highest BCUT2D eigenvalue weighted by atomic mass is 19.4. The maximum atomic E-state index is 14.4. The van der Waals surface area contributed by atoms with Gasteiger partial charge in [-0.05, 0) is 82.0 Å². The van der Waals surface area contributed by atoms with Crippen molar-refractivity contribution in [3.63, 3.8) is 0 Å². The third-order valence-corrected chi connectivity index (χ3v) is 10.8. The maximum Gasteiger partial charge on any atom is 0.418 e. The second kappa shape index (κ2) is 11.7. The Morgan fingerprint density at radius 3 is 2.30 bits per heavy atom. The van der Waals surface area contributed by atoms with Gasteiger partial charge in [0.25, 0.3) is 0 Å². The Morgan fingerprint density at radius 2 is 1.67 bits per heavy atom. The predicted octanol–water partition coefficient (Wildman–Crippen LogP) is 5.93. The van der Waals surface area contributed by atoms with Crippen molar-refractivity contribution in [2.24, 2.45) is 23.7 Å². The highest BCUT2D eigenvalue weighted by Crippen LogP contribution is 2.47. The van der Waals surface area contributed by atoms with Crippen LogP contribution in [0.1, 0.15) is 87.9 Å². The number of fused-ring (bicyclic) bond motifs is 1. The lowest BCUT2D eigenvalue weighted by Crippen LogP contribution is -2.50. The lowest BCUT2D eigenvalue weighted by molar-refractivity contribution is -0.188. The third kappa shape index (κ3) is 5.98. The van der Waals surface area contributed by atoms with Crippen molar-refractivity contribution in [2.75, 3.05) is 26.8 Å². The Labute approximate surface area is 247 Å². The van der Waals surface area contributed by atoms with Gasteiger partial charge in [0.1, 0.15) is 0 Å². The van der Waals surface area contributed by atoms with Crippen LogP contribution in [0.2, 0.25) is 0 Å². The first-order valence-electron chi connectivity index (χ1n) is 15.7. The van der Waals surface area contributed by atoms with Gasteiger partial charge in [0.05, 0.1) is 29.8 Å². The average Bonchev–Trinajstić information content (AvgIpc) is 3.51. The molecule has 3 unspecified atom stereocenters. The molecule has 6 atom stereocenters. The van der Waals surface area contributed by atoms with Crippen molar-refractivity contribution < 1.29 is 26.3 Å². The summed E-state index contributed by atoms with van der Waals surface area (Å²) in [6.07, 6.45) is 1.08. The van der Waals surface area contributed by atoms with Gasteiger partial charge in [0.2, 0.25) is 0 Å². The van der Waals surface area contributed by atoms with Gasteiger partial charge in [-0.15, -0.1) is 0 Å². The van der Waals surface area contributed by atoms with Crippen molar-refractivity contribution in [1.29, 1.82) is 0 Å². The molecule has 0 amide bonds. The van der Waals surface area contributed by atoms with E-state index in [4.69, 9.17) is 0 Å². The summed E-state index contributed by atoms with van der Waals surface area (Å²) in [4.78, 5) is 17.6. The number of alkyl halides is 6. The number of likely N-dealkylation sites (tertiary alicyclic amines) is 1. The maximum absolute atomic E-state index is 14.4. The van der Waals surface area contributed by atoms with E-state index in [1.165, 1.54) is 36.2 Å². The molecule has 2 saturated carbocycles. The number of aromatic nitrogens is 2. The monoisotopic (exact) mass is 616 g/mol. The molecule has 2 N–H and O–H groups in total. The Balaban J connectivity index is 1.32. The number of imidazole rings is 1. The number of pyridine rings is 1. The summed E-state index contributed by atoms with van der Waals surface area (Å²) in [5, 5.41) is 0. The fraction of sp³-hybridized carbons (Fsp3) is 0.767. The van der Waals surface area contributed by atoms with Crippen LogP contribution in [0.5, 0.6) is 0 Å². The molecule has 2 aromatic heterocycles. The molecule has 4 heterocycles. The molecule has 0 spiro atoms. The standard InChI is InChI=1S/C30H42F6N6O/c1-18(40-11-5-9-22(15-40)29(31,32)33)21-13-24(30(34,35)36)25-16-41(28(43)42(25)14-21)23-10-4-8-20(12-23)26(19-6-3-7-19)27-38-37-17-39(27)2/h13-14,16,18-20,22-23,26-27,37-38H,3-12,15,17H2,1-2H3/t18-,20?,22-,23?,26-,27?/m1/s1. The second-order valence-corrected chi connectivity index (χ2v) is 13.3. The molecule has 0 radical (unpaired) electrons. The highest BCUT2D eigenvalue weighted by molar-refractivity contribution is 5.56. The molecule has 2 aliphatic carbocycles. The summed E-state index contributed by atoms with van der Waals surface area (Å²) in [5.41, 5.74) is 5.19. The van der Waals surface area contributed by atoms with E-state index in [9.17, 15) is 31.1 Å². The first-order valence-corrected chi connectivity index (χ1v) is 15.7. The van der Waals surface area contributed by atoms with E-state index >= 15 is 0 Å². The first kappa shape index (κ1) is 30.9. The SMILES string of the molecule is C[C@H](c1cc(C(F)(F)F)c2cn(C3CCCC([C@@H](C4CCC4)C4NNCN4C)C3)c(=O)n2c1)N1CCC[C@@H](C(F)(F)F)C1. The summed E-state index contributed by atoms with van der Waals surface area (Å²) >= 11 is 0. The van der Waals surface area contributed by atoms with E-state index in [1.54, 1.807) is 11.8 Å². The lowest BCUT2D eigenvalue weighted by atomic mass is 9.65. The van der Waals surface area contributed by atoms with Crippen LogP contribution in [-0.2, 0) is 6.18 Å². The topological polar surface area (TPSA) is 57.0 Å². The van der Waals surface area contributed by atoms with E-state index in [1.807, 2.05) is 0 Å². The summed E-state index contributed by atoms with van der Waals surface area (Å²) in [5.74, 6) is -0.220. The van der Waals surface area contributed by atoms with Gasteiger partial charge in [-0.3, -0.25) is 18.8 Å². The van der Waals surface area contributed by atoms with Crippen LogP contribution in [0.3, 0.4) is 0 Å². The number of rotatable bonds is 6. The van der Waals surface area contributed by atoms with Crippen molar-refractivity contribution >= 4 is 5.52 Å². The Bertz CT molecular complexity index is 1350. The second-order valence-electron chi connectivity index (χ2n) is 13.3. The van der Waals surface area contributed by atoms with Crippen LogP contribution < -0.4 is 16.5 Å². The van der Waals surface area contributed by atoms with Crippen LogP contribution >= 0.6 is 0 Å². The number of hydrogen-bond donors (Lipinski definition) is 2. The van der Waals surface area contributed by atoms with Gasteiger partial charge in [-0.25, -0.2) is 15.6 Å². The van der Waals surface area contributed by atoms with Gasteiger partial charge in [-0.1, -0.05) is 25.7 Å². The van der Waals surface area contributed by atoms with Gasteiger partial charge >= 0.3 is 18.0 Å². The molecular weight excluding hydrogens is 574 g/mol. The Hall–Kier alpha value is -2.09. The zero-order chi connectivity index (χ0) is 30.7. The lowest BCUT2D eigenvalue weighted by Gasteiger charge is -2.46. The van der Waals surface area contributed by atoms with E-state index in [-0.39, 0.29) is 36.3 Å². The minimum atomic E-state index is -4.73. The van der Waals surface area contributed by atoms with Crippen molar-refractivity contribution in [3.05, 3.63) is 40.1 Å². The molecule has 4 aliphatic rings. The van der Waals surface area contributed by atoms with Crippen LogP contribution in [0.15, 0.2) is 23.3 Å². The van der Waals surface area contributed by atoms with Crippen LogP contribution in [0.4, 0.5) is 26.3 Å². The van der Waals surface area contributed by atoms with Gasteiger partial charge in [0, 0.05) is 31.0 Å². The molecule has 0 aromatic carbocycles. The molecule has 2 aromatic rings. The molecule has 2 aliphatic heterocycles. The molecule has 43 heavy (non-hydrogen) atoms. The molecule has 4 fully saturated rings. The molecule has 0 bridgehead atoms. The number of hydrogen-bond acceptors (Lipinski definition) is 5. The number of hydrazine groups is 1. The third-order valence-electron chi connectivity index (χ3n) is 10.8. The molecule has 6 rings (SSSR count). The van der Waals surface area contributed by atoms with E-state index in [0.29, 0.717) is 37.1 Å². The minimum Gasteiger partial charge on any atom is -0.296 e. The van der Waals surface area contributed by atoms with Gasteiger partial charge in [0.15, 0.2) is 0 Å². The van der Waals surface area contributed by atoms with Gasteiger partial charge in [-0.2, -0.15) is 26.3 Å². The molecule has 2 saturated heterocycles. The molecule has 7 nitrogen and oxygen atoms in total. The highest BCUT2D eigenvalue weighted by Gasteiger charge is 2.45.